The maximum absolute atomic E-state index is 14.2. The molecule has 1 unspecified atom stereocenters. The van der Waals surface area contributed by atoms with Crippen LogP contribution < -0.4 is 0 Å². The normalized spacial score (nSPS) is 16.2. The van der Waals surface area contributed by atoms with E-state index in [9.17, 15) is 8.78 Å². The summed E-state index contributed by atoms with van der Waals surface area (Å²) < 4.78 is 27.6. The molecule has 3 heteroatoms. The van der Waals surface area contributed by atoms with E-state index in [1.165, 1.54) is 12.1 Å². The third-order valence-corrected chi connectivity index (χ3v) is 4.46. The minimum Gasteiger partial charge on any atom is -0.206 e. The van der Waals surface area contributed by atoms with Gasteiger partial charge in [-0.3, -0.25) is 0 Å². The number of benzene rings is 2. The Morgan fingerprint density at radius 2 is 1.91 bits per heavy atom. The van der Waals surface area contributed by atoms with Crippen molar-refractivity contribution in [2.24, 2.45) is 5.92 Å². The fourth-order valence-corrected chi connectivity index (χ4v) is 2.94. The summed E-state index contributed by atoms with van der Waals surface area (Å²) in [7, 11) is 0. The lowest BCUT2D eigenvalue weighted by atomic mass is 9.83. The molecule has 0 bridgehead atoms. The molecule has 0 saturated carbocycles. The molecule has 2 aromatic carbocycles. The predicted molar refractivity (Wildman–Crippen MR) is 89.5 cm³/mol. The minimum absolute atomic E-state index is 0.0484. The summed E-state index contributed by atoms with van der Waals surface area (Å²) in [6.45, 7) is 3.82. The van der Waals surface area contributed by atoms with Crippen LogP contribution in [0.4, 0.5) is 8.78 Å². The Hall–Kier alpha value is -2.11. The molecule has 0 N–H and O–H groups in total. The summed E-state index contributed by atoms with van der Waals surface area (Å²) in [6.07, 6.45) is 4.68. The van der Waals surface area contributed by atoms with Gasteiger partial charge in [-0.25, -0.2) is 8.78 Å². The third-order valence-electron chi connectivity index (χ3n) is 4.15. The Labute approximate surface area is 139 Å². The molecule has 0 amide bonds. The summed E-state index contributed by atoms with van der Waals surface area (Å²) in [5.74, 6) is 5.14. The average molecular weight is 329 g/mol. The number of hydrogen-bond donors (Lipinski definition) is 0. The van der Waals surface area contributed by atoms with Crippen LogP contribution in [0.15, 0.2) is 43.0 Å². The van der Waals surface area contributed by atoms with Crippen molar-refractivity contribution in [2.75, 3.05) is 0 Å². The van der Waals surface area contributed by atoms with Crippen molar-refractivity contribution >= 4 is 11.6 Å². The van der Waals surface area contributed by atoms with Crippen molar-refractivity contribution in [1.29, 1.82) is 0 Å². The zero-order valence-corrected chi connectivity index (χ0v) is 13.3. The third kappa shape index (κ3) is 3.46. The standard InChI is InChI=1S/C20H15ClF2/c1-2-13-3-6-15-11-16(19(22)12-17(15)9-13)7-4-14-5-8-18(21)20(23)10-14/h2,5,8,10-13H,1,3,6,9H2. The molecular weight excluding hydrogens is 314 g/mol. The van der Waals surface area contributed by atoms with Crippen molar-refractivity contribution in [3.8, 4) is 11.8 Å². The summed E-state index contributed by atoms with van der Waals surface area (Å²) in [5.41, 5.74) is 2.98. The van der Waals surface area contributed by atoms with Gasteiger partial charge in [0.2, 0.25) is 0 Å². The first-order valence-corrected chi connectivity index (χ1v) is 7.85. The molecule has 0 heterocycles. The molecule has 0 saturated heterocycles. The van der Waals surface area contributed by atoms with Crippen molar-refractivity contribution in [3.05, 3.63) is 81.9 Å². The van der Waals surface area contributed by atoms with Gasteiger partial charge >= 0.3 is 0 Å². The average Bonchev–Trinajstić information content (AvgIpc) is 2.55. The zero-order chi connectivity index (χ0) is 16.4. The number of hydrogen-bond acceptors (Lipinski definition) is 0. The first-order valence-electron chi connectivity index (χ1n) is 7.47. The van der Waals surface area contributed by atoms with E-state index in [1.807, 2.05) is 12.1 Å². The Kier molecular flexibility index (Phi) is 4.50. The highest BCUT2D eigenvalue weighted by Gasteiger charge is 2.18. The second-order valence-electron chi connectivity index (χ2n) is 5.72. The van der Waals surface area contributed by atoms with Crippen LogP contribution in [0.5, 0.6) is 0 Å². The van der Waals surface area contributed by atoms with Crippen molar-refractivity contribution in [2.45, 2.75) is 19.3 Å². The number of fused-ring (bicyclic) bond motifs is 1. The highest BCUT2D eigenvalue weighted by atomic mass is 35.5. The fourth-order valence-electron chi connectivity index (χ4n) is 2.82. The number of rotatable bonds is 1. The Morgan fingerprint density at radius 1 is 1.09 bits per heavy atom. The van der Waals surface area contributed by atoms with Crippen LogP contribution in [0.3, 0.4) is 0 Å². The van der Waals surface area contributed by atoms with Crippen LogP contribution in [0.2, 0.25) is 5.02 Å². The number of allylic oxidation sites excluding steroid dienone is 1. The van der Waals surface area contributed by atoms with Gasteiger partial charge in [-0.2, -0.15) is 0 Å². The Morgan fingerprint density at radius 3 is 2.65 bits per heavy atom. The maximum atomic E-state index is 14.2. The molecule has 0 aliphatic heterocycles. The van der Waals surface area contributed by atoms with Gasteiger partial charge in [0, 0.05) is 5.56 Å². The quantitative estimate of drug-likeness (QED) is 0.491. The topological polar surface area (TPSA) is 0 Å². The van der Waals surface area contributed by atoms with E-state index in [4.69, 9.17) is 11.6 Å². The van der Waals surface area contributed by atoms with Gasteiger partial charge in [-0.15, -0.1) is 6.58 Å². The van der Waals surface area contributed by atoms with Gasteiger partial charge < -0.3 is 0 Å². The number of aryl methyl sites for hydroxylation is 1. The fraction of sp³-hybridized carbons (Fsp3) is 0.200. The Bertz CT molecular complexity index is 828. The zero-order valence-electron chi connectivity index (χ0n) is 12.5. The molecular formula is C20H15ClF2. The summed E-state index contributed by atoms with van der Waals surface area (Å²) >= 11 is 5.64. The number of halogens is 3. The van der Waals surface area contributed by atoms with E-state index >= 15 is 0 Å². The van der Waals surface area contributed by atoms with Gasteiger partial charge in [0.1, 0.15) is 11.6 Å². The smallest absolute Gasteiger partial charge is 0.143 e. The van der Waals surface area contributed by atoms with E-state index in [0.717, 1.165) is 30.4 Å². The molecule has 1 atom stereocenters. The maximum Gasteiger partial charge on any atom is 0.143 e. The van der Waals surface area contributed by atoms with Gasteiger partial charge in [0.05, 0.1) is 10.6 Å². The summed E-state index contributed by atoms with van der Waals surface area (Å²) in [6, 6.07) is 7.68. The molecule has 3 rings (SSSR count). The molecule has 0 nitrogen and oxygen atoms in total. The second-order valence-corrected chi connectivity index (χ2v) is 6.13. The first kappa shape index (κ1) is 15.8. The molecule has 2 aromatic rings. The highest BCUT2D eigenvalue weighted by Crippen LogP contribution is 2.28. The predicted octanol–water partition coefficient (Wildman–Crippen LogP) is 5.31. The van der Waals surface area contributed by atoms with Crippen LogP contribution in [-0.4, -0.2) is 0 Å². The second kappa shape index (κ2) is 6.56. The molecule has 1 aliphatic carbocycles. The largest absolute Gasteiger partial charge is 0.206 e. The van der Waals surface area contributed by atoms with E-state index in [1.54, 1.807) is 12.1 Å². The lowest BCUT2D eigenvalue weighted by molar-refractivity contribution is 0.545. The van der Waals surface area contributed by atoms with E-state index in [0.29, 0.717) is 17.0 Å². The SMILES string of the molecule is C=CC1CCc2cc(C#Cc3ccc(Cl)c(F)c3)c(F)cc2C1. The van der Waals surface area contributed by atoms with Gasteiger partial charge in [0.15, 0.2) is 0 Å². The van der Waals surface area contributed by atoms with Crippen LogP contribution in [0, 0.1) is 29.4 Å². The highest BCUT2D eigenvalue weighted by molar-refractivity contribution is 6.30. The molecule has 0 radical (unpaired) electrons. The lowest BCUT2D eigenvalue weighted by Gasteiger charge is -2.22. The molecule has 0 fully saturated rings. The van der Waals surface area contributed by atoms with Crippen LogP contribution in [0.25, 0.3) is 0 Å². The molecule has 1 aliphatic rings. The molecule has 0 aromatic heterocycles. The van der Waals surface area contributed by atoms with E-state index in [-0.39, 0.29) is 10.8 Å². The molecule has 0 spiro atoms. The monoisotopic (exact) mass is 328 g/mol. The molecule has 23 heavy (non-hydrogen) atoms. The van der Waals surface area contributed by atoms with Crippen LogP contribution in [-0.2, 0) is 12.8 Å². The lowest BCUT2D eigenvalue weighted by Crippen LogP contribution is -2.13. The minimum atomic E-state index is -0.528. The summed E-state index contributed by atoms with van der Waals surface area (Å²) in [5, 5.41) is 0.0484. The van der Waals surface area contributed by atoms with Crippen LogP contribution >= 0.6 is 11.6 Å². The molecule has 116 valence electrons. The van der Waals surface area contributed by atoms with Gasteiger partial charge in [-0.1, -0.05) is 29.5 Å². The van der Waals surface area contributed by atoms with Crippen molar-refractivity contribution in [1.82, 2.24) is 0 Å². The van der Waals surface area contributed by atoms with Crippen molar-refractivity contribution in [3.63, 3.8) is 0 Å². The first-order chi connectivity index (χ1) is 11.1. The van der Waals surface area contributed by atoms with Gasteiger partial charge in [0.25, 0.3) is 0 Å². The van der Waals surface area contributed by atoms with Crippen LogP contribution in [0.1, 0.15) is 28.7 Å². The van der Waals surface area contributed by atoms with Gasteiger partial charge in [-0.05, 0) is 66.6 Å². The Balaban J connectivity index is 1.91. The van der Waals surface area contributed by atoms with Crippen molar-refractivity contribution < 1.29 is 8.78 Å². The van der Waals surface area contributed by atoms with E-state index in [2.05, 4.69) is 18.4 Å². The van der Waals surface area contributed by atoms with E-state index < -0.39 is 5.82 Å². The summed E-state index contributed by atoms with van der Waals surface area (Å²) in [4.78, 5) is 0.